The lowest BCUT2D eigenvalue weighted by molar-refractivity contribution is -0.124. The third-order valence-corrected chi connectivity index (χ3v) is 3.24. The molecule has 0 aliphatic rings. The molecule has 7 heteroatoms. The average molecular weight is 335 g/mol. The molecule has 0 aliphatic heterocycles. The molecule has 1 amide bonds. The van der Waals surface area contributed by atoms with Crippen LogP contribution in [0.3, 0.4) is 0 Å². The second-order valence-electron chi connectivity index (χ2n) is 5.08. The number of benzene rings is 2. The van der Waals surface area contributed by atoms with Crippen molar-refractivity contribution in [1.29, 1.82) is 0 Å². The van der Waals surface area contributed by atoms with E-state index in [2.05, 4.69) is 5.32 Å². The normalized spacial score (nSPS) is 11.6. The zero-order valence-corrected chi connectivity index (χ0v) is 12.8. The van der Waals surface area contributed by atoms with Crippen molar-refractivity contribution in [3.05, 3.63) is 65.2 Å². The summed E-state index contributed by atoms with van der Waals surface area (Å²) in [6, 6.07) is 7.67. The van der Waals surface area contributed by atoms with Crippen LogP contribution in [0.15, 0.2) is 42.5 Å². The van der Waals surface area contributed by atoms with Crippen molar-refractivity contribution in [2.24, 2.45) is 0 Å². The predicted octanol–water partition coefficient (Wildman–Crippen LogP) is 2.70. The number of phenols is 1. The van der Waals surface area contributed by atoms with Crippen molar-refractivity contribution in [3.63, 3.8) is 0 Å². The molecule has 0 heterocycles. The van der Waals surface area contributed by atoms with Gasteiger partial charge in [0.2, 0.25) is 0 Å². The quantitative estimate of drug-likeness (QED) is 0.824. The molecule has 2 N–H and O–H groups in total. The number of phenolic OH excluding ortho intramolecular Hbond substituents is 1. The second kappa shape index (κ2) is 7.54. The van der Waals surface area contributed by atoms with Gasteiger partial charge in [-0.15, -0.1) is 0 Å². The molecule has 1 atom stereocenters. The maximum atomic E-state index is 13.6. The van der Waals surface area contributed by atoms with Crippen molar-refractivity contribution in [2.75, 3.05) is 6.61 Å². The molecule has 2 rings (SSSR count). The Balaban J connectivity index is 1.88. The average Bonchev–Trinajstić information content (AvgIpc) is 2.53. The van der Waals surface area contributed by atoms with Crippen molar-refractivity contribution in [1.82, 2.24) is 5.32 Å². The van der Waals surface area contributed by atoms with E-state index in [1.165, 1.54) is 37.3 Å². The molecule has 126 valence electrons. The Morgan fingerprint density at radius 3 is 2.46 bits per heavy atom. The lowest BCUT2D eigenvalue weighted by atomic mass is 10.1. The molecule has 24 heavy (non-hydrogen) atoms. The van der Waals surface area contributed by atoms with Crippen LogP contribution in [0.2, 0.25) is 0 Å². The Labute approximate surface area is 136 Å². The fourth-order valence-corrected chi connectivity index (χ4v) is 2.03. The first-order chi connectivity index (χ1) is 11.4. The van der Waals surface area contributed by atoms with Crippen molar-refractivity contribution >= 4 is 11.9 Å². The number of nitrogens with one attached hydrogen (secondary N) is 1. The lowest BCUT2D eigenvalue weighted by Crippen LogP contribution is -2.31. The van der Waals surface area contributed by atoms with Gasteiger partial charge >= 0.3 is 5.97 Å². The minimum absolute atomic E-state index is 0.000516. The topological polar surface area (TPSA) is 75.6 Å². The Morgan fingerprint density at radius 1 is 1.17 bits per heavy atom. The highest BCUT2D eigenvalue weighted by Crippen LogP contribution is 2.17. The van der Waals surface area contributed by atoms with Gasteiger partial charge in [0.25, 0.3) is 5.91 Å². The minimum atomic E-state index is -0.774. The Bertz CT molecular complexity index is 747. The predicted molar refractivity (Wildman–Crippen MR) is 81.3 cm³/mol. The third-order valence-electron chi connectivity index (χ3n) is 3.24. The molecule has 0 radical (unpaired) electrons. The zero-order chi connectivity index (χ0) is 17.7. The van der Waals surface area contributed by atoms with Crippen LogP contribution in [-0.4, -0.2) is 23.6 Å². The van der Waals surface area contributed by atoms with Crippen LogP contribution in [0.5, 0.6) is 5.75 Å². The van der Waals surface area contributed by atoms with Gasteiger partial charge in [-0.1, -0.05) is 6.07 Å². The number of esters is 1. The van der Waals surface area contributed by atoms with Gasteiger partial charge in [-0.2, -0.15) is 0 Å². The zero-order valence-electron chi connectivity index (χ0n) is 12.8. The molecule has 2 aromatic rings. The monoisotopic (exact) mass is 335 g/mol. The molecule has 0 aliphatic carbocycles. The Hall–Kier alpha value is -2.96. The number of halogens is 2. The molecule has 0 saturated carbocycles. The van der Waals surface area contributed by atoms with Gasteiger partial charge in [0, 0.05) is 11.6 Å². The van der Waals surface area contributed by atoms with Gasteiger partial charge < -0.3 is 15.2 Å². The van der Waals surface area contributed by atoms with E-state index in [1.54, 1.807) is 0 Å². The Kier molecular flexibility index (Phi) is 5.47. The number of aromatic hydroxyl groups is 1. The third kappa shape index (κ3) is 4.52. The molecule has 0 aromatic heterocycles. The van der Waals surface area contributed by atoms with Gasteiger partial charge in [0.15, 0.2) is 6.61 Å². The van der Waals surface area contributed by atoms with Crippen LogP contribution < -0.4 is 5.32 Å². The molecular weight excluding hydrogens is 320 g/mol. The standard InChI is InChI=1S/C17H15F2NO4/c1-10(14-7-4-12(18)8-15(14)19)20-16(22)9-24-17(23)11-2-5-13(21)6-3-11/h2-8,10,21H,9H2,1H3,(H,20,22)/t10-/m0/s1. The van der Waals surface area contributed by atoms with E-state index in [0.717, 1.165) is 12.1 Å². The first-order valence-corrected chi connectivity index (χ1v) is 7.07. The highest BCUT2D eigenvalue weighted by atomic mass is 19.1. The highest BCUT2D eigenvalue weighted by Gasteiger charge is 2.16. The van der Waals surface area contributed by atoms with Crippen molar-refractivity contribution < 1.29 is 28.2 Å². The summed E-state index contributed by atoms with van der Waals surface area (Å²) in [5, 5.41) is 11.6. The fraction of sp³-hybridized carbons (Fsp3) is 0.176. The molecule has 2 aromatic carbocycles. The van der Waals surface area contributed by atoms with E-state index in [9.17, 15) is 18.4 Å². The number of ether oxygens (including phenoxy) is 1. The summed E-state index contributed by atoms with van der Waals surface area (Å²) >= 11 is 0. The molecule has 0 spiro atoms. The van der Waals surface area contributed by atoms with Gasteiger partial charge in [-0.05, 0) is 37.3 Å². The smallest absolute Gasteiger partial charge is 0.338 e. The van der Waals surface area contributed by atoms with Crippen molar-refractivity contribution in [3.8, 4) is 5.75 Å². The number of rotatable bonds is 5. The molecule has 0 fully saturated rings. The first kappa shape index (κ1) is 17.4. The van der Waals surface area contributed by atoms with Gasteiger partial charge in [-0.3, -0.25) is 4.79 Å². The van der Waals surface area contributed by atoms with E-state index in [4.69, 9.17) is 9.84 Å². The maximum absolute atomic E-state index is 13.6. The largest absolute Gasteiger partial charge is 0.508 e. The lowest BCUT2D eigenvalue weighted by Gasteiger charge is -2.15. The van der Waals surface area contributed by atoms with Crippen LogP contribution in [0.4, 0.5) is 8.78 Å². The summed E-state index contributed by atoms with van der Waals surface area (Å²) < 4.78 is 31.3. The highest BCUT2D eigenvalue weighted by molar-refractivity contribution is 5.91. The van der Waals surface area contributed by atoms with E-state index < -0.39 is 36.2 Å². The van der Waals surface area contributed by atoms with Crippen LogP contribution >= 0.6 is 0 Å². The molecule has 5 nitrogen and oxygen atoms in total. The van der Waals surface area contributed by atoms with Crippen LogP contribution in [0, 0.1) is 11.6 Å². The number of amides is 1. The molecule has 0 unspecified atom stereocenters. The summed E-state index contributed by atoms with van der Waals surface area (Å²) in [6.45, 7) is 0.975. The van der Waals surface area contributed by atoms with E-state index in [-0.39, 0.29) is 16.9 Å². The number of hydrogen-bond acceptors (Lipinski definition) is 4. The number of carbonyl (C=O) groups is 2. The summed E-state index contributed by atoms with van der Waals surface area (Å²) in [5.41, 5.74) is 0.299. The van der Waals surface area contributed by atoms with Gasteiger partial charge in [0.1, 0.15) is 17.4 Å². The first-order valence-electron chi connectivity index (χ1n) is 7.07. The van der Waals surface area contributed by atoms with E-state index in [0.29, 0.717) is 0 Å². The van der Waals surface area contributed by atoms with Crippen molar-refractivity contribution in [2.45, 2.75) is 13.0 Å². The second-order valence-corrected chi connectivity index (χ2v) is 5.08. The Morgan fingerprint density at radius 2 is 1.83 bits per heavy atom. The summed E-state index contributed by atoms with van der Waals surface area (Å²) in [4.78, 5) is 23.5. The summed E-state index contributed by atoms with van der Waals surface area (Å²) in [7, 11) is 0. The fourth-order valence-electron chi connectivity index (χ4n) is 2.03. The number of carbonyl (C=O) groups excluding carboxylic acids is 2. The van der Waals surface area contributed by atoms with Crippen LogP contribution in [0.25, 0.3) is 0 Å². The van der Waals surface area contributed by atoms with E-state index >= 15 is 0 Å². The number of hydrogen-bond donors (Lipinski definition) is 2. The van der Waals surface area contributed by atoms with Gasteiger partial charge in [0.05, 0.1) is 11.6 Å². The minimum Gasteiger partial charge on any atom is -0.508 e. The molecule has 0 bridgehead atoms. The van der Waals surface area contributed by atoms with Gasteiger partial charge in [-0.25, -0.2) is 13.6 Å². The molecular formula is C17H15F2NO4. The van der Waals surface area contributed by atoms with Crippen LogP contribution in [-0.2, 0) is 9.53 Å². The maximum Gasteiger partial charge on any atom is 0.338 e. The SMILES string of the molecule is C[C@H](NC(=O)COC(=O)c1ccc(O)cc1)c1ccc(F)cc1F. The van der Waals surface area contributed by atoms with E-state index in [1.807, 2.05) is 0 Å². The summed E-state index contributed by atoms with van der Waals surface area (Å²) in [6.07, 6.45) is 0. The van der Waals surface area contributed by atoms with Crippen LogP contribution in [0.1, 0.15) is 28.9 Å². The molecule has 0 saturated heterocycles. The summed E-state index contributed by atoms with van der Waals surface area (Å²) in [5.74, 6) is -2.84.